The molecule has 0 aliphatic carbocycles. The molecule has 3 rings (SSSR count). The van der Waals surface area contributed by atoms with E-state index in [1.54, 1.807) is 30.3 Å². The fourth-order valence-corrected chi connectivity index (χ4v) is 5.56. The van der Waals surface area contributed by atoms with Gasteiger partial charge >= 0.3 is 0 Å². The van der Waals surface area contributed by atoms with E-state index in [1.807, 2.05) is 44.2 Å². The topological polar surface area (TPSA) is 86.8 Å². The van der Waals surface area contributed by atoms with Crippen molar-refractivity contribution >= 4 is 62.3 Å². The minimum atomic E-state index is -3.89. The zero-order chi connectivity index (χ0) is 29.4. The van der Waals surface area contributed by atoms with Gasteiger partial charge in [0.1, 0.15) is 12.6 Å². The third-order valence-corrected chi connectivity index (χ3v) is 8.56. The summed E-state index contributed by atoms with van der Waals surface area (Å²) < 4.78 is 26.6. The molecule has 0 aliphatic rings. The second-order valence-electron chi connectivity index (χ2n) is 9.49. The van der Waals surface area contributed by atoms with Crippen LogP contribution in [0, 0.1) is 0 Å². The molecular weight excluding hydrogens is 593 g/mol. The predicted molar refractivity (Wildman–Crippen MR) is 162 cm³/mol. The van der Waals surface area contributed by atoms with Gasteiger partial charge in [0, 0.05) is 39.6 Å². The Balaban J connectivity index is 2.10. The molecule has 0 bridgehead atoms. The lowest BCUT2D eigenvalue weighted by Gasteiger charge is -2.34. The van der Waals surface area contributed by atoms with Crippen LogP contribution in [0.2, 0.25) is 15.1 Å². The first-order chi connectivity index (χ1) is 18.9. The van der Waals surface area contributed by atoms with Gasteiger partial charge in [0.05, 0.1) is 11.9 Å². The molecule has 40 heavy (non-hydrogen) atoms. The monoisotopic (exact) mass is 623 g/mol. The second-order valence-corrected chi connectivity index (χ2v) is 12.6. The van der Waals surface area contributed by atoms with E-state index in [1.165, 1.54) is 17.0 Å². The molecule has 3 aromatic rings. The summed E-state index contributed by atoms with van der Waals surface area (Å²) in [6.45, 7) is 3.16. The highest BCUT2D eigenvalue weighted by atomic mass is 35.5. The Morgan fingerprint density at radius 1 is 0.900 bits per heavy atom. The highest BCUT2D eigenvalue weighted by molar-refractivity contribution is 7.92. The number of nitrogens with one attached hydrogen (secondary N) is 1. The normalized spacial score (nSPS) is 12.8. The summed E-state index contributed by atoms with van der Waals surface area (Å²) in [5.74, 6) is -0.969. The van der Waals surface area contributed by atoms with E-state index >= 15 is 0 Å². The van der Waals surface area contributed by atoms with Crippen LogP contribution in [0.5, 0.6) is 0 Å². The molecule has 0 aliphatic heterocycles. The summed E-state index contributed by atoms with van der Waals surface area (Å²) in [7, 11) is -3.89. The number of carbonyl (C=O) groups excluding carboxylic acids is 2. The van der Waals surface area contributed by atoms with Gasteiger partial charge in [-0.2, -0.15) is 0 Å². The predicted octanol–water partition coefficient (Wildman–Crippen LogP) is 5.97. The third-order valence-electron chi connectivity index (χ3n) is 6.46. The van der Waals surface area contributed by atoms with E-state index < -0.39 is 28.5 Å². The molecule has 11 heteroatoms. The van der Waals surface area contributed by atoms with Crippen molar-refractivity contribution in [3.63, 3.8) is 0 Å². The molecule has 0 unspecified atom stereocenters. The van der Waals surface area contributed by atoms with Gasteiger partial charge in [-0.1, -0.05) is 78.1 Å². The van der Waals surface area contributed by atoms with E-state index in [0.29, 0.717) is 27.1 Å². The zero-order valence-corrected chi connectivity index (χ0v) is 25.6. The van der Waals surface area contributed by atoms with Gasteiger partial charge in [-0.3, -0.25) is 13.9 Å². The molecule has 214 valence electrons. The number of anilines is 1. The Morgan fingerprint density at radius 2 is 1.50 bits per heavy atom. The van der Waals surface area contributed by atoms with E-state index in [9.17, 15) is 18.0 Å². The van der Waals surface area contributed by atoms with Crippen molar-refractivity contribution in [3.05, 3.63) is 99.0 Å². The molecule has 3 aromatic carbocycles. The Kier molecular flexibility index (Phi) is 11.3. The standard InChI is InChI=1S/C29H32Cl3N3O4S/c1-4-20(2)33-29(37)27(17-21-9-6-5-7-10-21)34(18-24-25(31)11-8-12-26(24)32)28(36)19-35(40(3,38)39)23-15-13-22(30)14-16-23/h5-16,20,27H,4,17-19H2,1-3H3,(H,33,37)/t20-,27-/m0/s1. The van der Waals surface area contributed by atoms with Crippen molar-refractivity contribution in [2.75, 3.05) is 17.1 Å². The number of hydrogen-bond donors (Lipinski definition) is 1. The maximum absolute atomic E-state index is 14.1. The minimum Gasteiger partial charge on any atom is -0.352 e. The molecule has 0 saturated carbocycles. The first-order valence-electron chi connectivity index (χ1n) is 12.7. The highest BCUT2D eigenvalue weighted by Gasteiger charge is 2.34. The average molecular weight is 625 g/mol. The van der Waals surface area contributed by atoms with Crippen molar-refractivity contribution < 1.29 is 18.0 Å². The largest absolute Gasteiger partial charge is 0.352 e. The van der Waals surface area contributed by atoms with Crippen LogP contribution in [0.4, 0.5) is 5.69 Å². The number of sulfonamides is 1. The Bertz CT molecular complexity index is 1400. The molecule has 0 spiro atoms. The second kappa shape index (κ2) is 14.2. The van der Waals surface area contributed by atoms with Crippen LogP contribution in [0.3, 0.4) is 0 Å². The average Bonchev–Trinajstić information content (AvgIpc) is 2.91. The van der Waals surface area contributed by atoms with Crippen molar-refractivity contribution in [2.24, 2.45) is 0 Å². The summed E-state index contributed by atoms with van der Waals surface area (Å²) in [6, 6.07) is 19.3. The van der Waals surface area contributed by atoms with Gasteiger partial charge < -0.3 is 10.2 Å². The van der Waals surface area contributed by atoms with Gasteiger partial charge in [-0.05, 0) is 55.3 Å². The van der Waals surface area contributed by atoms with E-state index in [0.717, 1.165) is 16.1 Å². The van der Waals surface area contributed by atoms with Crippen LogP contribution in [0.25, 0.3) is 0 Å². The highest BCUT2D eigenvalue weighted by Crippen LogP contribution is 2.28. The lowest BCUT2D eigenvalue weighted by molar-refractivity contribution is -0.140. The summed E-state index contributed by atoms with van der Waals surface area (Å²) in [6.07, 6.45) is 1.89. The van der Waals surface area contributed by atoms with Crippen LogP contribution in [-0.2, 0) is 32.6 Å². The molecule has 0 radical (unpaired) electrons. The lowest BCUT2D eigenvalue weighted by atomic mass is 10.0. The van der Waals surface area contributed by atoms with Crippen molar-refractivity contribution in [3.8, 4) is 0 Å². The van der Waals surface area contributed by atoms with Crippen LogP contribution in [0.1, 0.15) is 31.4 Å². The van der Waals surface area contributed by atoms with Crippen molar-refractivity contribution in [2.45, 2.75) is 45.3 Å². The smallest absolute Gasteiger partial charge is 0.244 e. The number of hydrogen-bond acceptors (Lipinski definition) is 4. The first-order valence-corrected chi connectivity index (χ1v) is 15.7. The van der Waals surface area contributed by atoms with Gasteiger partial charge in [-0.25, -0.2) is 8.42 Å². The lowest BCUT2D eigenvalue weighted by Crippen LogP contribution is -2.54. The molecule has 2 amide bonds. The first kappa shape index (κ1) is 31.7. The molecule has 1 N–H and O–H groups in total. The molecular formula is C29H32Cl3N3O4S. The van der Waals surface area contributed by atoms with Gasteiger partial charge in [0.15, 0.2) is 0 Å². The SMILES string of the molecule is CC[C@H](C)NC(=O)[C@H](Cc1ccccc1)N(Cc1c(Cl)cccc1Cl)C(=O)CN(c1ccc(Cl)cc1)S(C)(=O)=O. The Morgan fingerprint density at radius 3 is 2.05 bits per heavy atom. The number of rotatable bonds is 12. The maximum Gasteiger partial charge on any atom is 0.244 e. The van der Waals surface area contributed by atoms with Gasteiger partial charge in [0.25, 0.3) is 0 Å². The Hall–Kier alpha value is -2.78. The van der Waals surface area contributed by atoms with Crippen LogP contribution in [0.15, 0.2) is 72.8 Å². The molecule has 7 nitrogen and oxygen atoms in total. The van der Waals surface area contributed by atoms with E-state index in [-0.39, 0.29) is 30.6 Å². The van der Waals surface area contributed by atoms with Gasteiger partial charge in [0.2, 0.25) is 21.8 Å². The molecule has 0 saturated heterocycles. The summed E-state index contributed by atoms with van der Waals surface area (Å²) in [4.78, 5) is 29.1. The number of halogens is 3. The van der Waals surface area contributed by atoms with Crippen LogP contribution < -0.4 is 9.62 Å². The summed E-state index contributed by atoms with van der Waals surface area (Å²) in [5, 5.41) is 4.04. The van der Waals surface area contributed by atoms with Crippen molar-refractivity contribution in [1.82, 2.24) is 10.2 Å². The number of benzene rings is 3. The zero-order valence-electron chi connectivity index (χ0n) is 22.5. The third kappa shape index (κ3) is 8.61. The maximum atomic E-state index is 14.1. The summed E-state index contributed by atoms with van der Waals surface area (Å²) >= 11 is 19.0. The summed E-state index contributed by atoms with van der Waals surface area (Å²) in [5.41, 5.74) is 1.54. The molecule has 0 fully saturated rings. The van der Waals surface area contributed by atoms with E-state index in [4.69, 9.17) is 34.8 Å². The van der Waals surface area contributed by atoms with Crippen LogP contribution in [-0.4, -0.2) is 50.0 Å². The number of carbonyl (C=O) groups is 2. The molecule has 0 aromatic heterocycles. The fraction of sp³-hybridized carbons (Fsp3) is 0.310. The quantitative estimate of drug-likeness (QED) is 0.269. The molecule has 0 heterocycles. The molecule has 2 atom stereocenters. The minimum absolute atomic E-state index is 0.110. The van der Waals surface area contributed by atoms with Gasteiger partial charge in [-0.15, -0.1) is 0 Å². The fourth-order valence-electron chi connectivity index (χ4n) is 4.07. The number of nitrogens with zero attached hydrogens (tertiary/aromatic N) is 2. The Labute approximate surface area is 251 Å². The van der Waals surface area contributed by atoms with Crippen molar-refractivity contribution in [1.29, 1.82) is 0 Å². The number of amides is 2. The van der Waals surface area contributed by atoms with Crippen LogP contribution >= 0.6 is 34.8 Å². The van der Waals surface area contributed by atoms with E-state index in [2.05, 4.69) is 5.32 Å².